The minimum absolute atomic E-state index is 0.180. The van der Waals surface area contributed by atoms with E-state index in [9.17, 15) is 31.5 Å². The van der Waals surface area contributed by atoms with E-state index in [-0.39, 0.29) is 5.78 Å². The summed E-state index contributed by atoms with van der Waals surface area (Å²) in [6.45, 7) is 3.87. The van der Waals surface area contributed by atoms with Crippen LogP contribution in [0, 0.1) is 40.4 Å². The Balaban J connectivity index is 1.66. The summed E-state index contributed by atoms with van der Waals surface area (Å²) in [4.78, 5) is 25.0. The van der Waals surface area contributed by atoms with Crippen LogP contribution >= 0.6 is 0 Å². The molecular weight excluding hydrogens is 419 g/mol. The number of halogens is 5. The van der Waals surface area contributed by atoms with Crippen molar-refractivity contribution in [3.63, 3.8) is 0 Å². The first-order chi connectivity index (χ1) is 14.5. The van der Waals surface area contributed by atoms with Crippen molar-refractivity contribution in [2.75, 3.05) is 0 Å². The van der Waals surface area contributed by atoms with Crippen LogP contribution in [0.4, 0.5) is 22.0 Å². The summed E-state index contributed by atoms with van der Waals surface area (Å²) in [6, 6.07) is 7.09. The second kappa shape index (κ2) is 6.73. The first-order valence-corrected chi connectivity index (χ1v) is 9.47. The summed E-state index contributed by atoms with van der Waals surface area (Å²) in [7, 11) is 0. The number of esters is 1. The molecular formula is C23H17F5O3. The molecule has 0 aromatic heterocycles. The van der Waals surface area contributed by atoms with E-state index in [0.29, 0.717) is 11.1 Å². The second-order valence-electron chi connectivity index (χ2n) is 8.34. The summed E-state index contributed by atoms with van der Waals surface area (Å²) < 4.78 is 72.8. The molecule has 0 aliphatic heterocycles. The van der Waals surface area contributed by atoms with Crippen molar-refractivity contribution in [2.24, 2.45) is 11.3 Å². The fraction of sp³-hybridized carbons (Fsp3) is 0.304. The van der Waals surface area contributed by atoms with Crippen molar-refractivity contribution in [2.45, 2.75) is 32.8 Å². The summed E-state index contributed by atoms with van der Waals surface area (Å²) in [5.74, 6) is -12.4. The van der Waals surface area contributed by atoms with Crippen LogP contribution in [0.25, 0.3) is 5.57 Å². The highest BCUT2D eigenvalue weighted by Crippen LogP contribution is 2.74. The maximum atomic E-state index is 13.9. The van der Waals surface area contributed by atoms with Gasteiger partial charge in [-0.2, -0.15) is 0 Å². The van der Waals surface area contributed by atoms with Gasteiger partial charge in [-0.05, 0) is 23.5 Å². The van der Waals surface area contributed by atoms with Crippen LogP contribution in [0.3, 0.4) is 0 Å². The minimum atomic E-state index is -2.28. The number of Topliss-reactive ketones (excluding diaryl/α,β-unsaturated/α-hetero) is 1. The summed E-state index contributed by atoms with van der Waals surface area (Å²) in [5, 5.41) is 0. The average Bonchev–Trinajstić information content (AvgIpc) is 3.03. The van der Waals surface area contributed by atoms with Gasteiger partial charge in [-0.25, -0.2) is 22.0 Å². The molecule has 2 aromatic rings. The molecule has 2 aliphatic carbocycles. The zero-order valence-corrected chi connectivity index (χ0v) is 16.8. The van der Waals surface area contributed by atoms with Crippen molar-refractivity contribution in [1.82, 2.24) is 0 Å². The highest BCUT2D eigenvalue weighted by Gasteiger charge is 2.76. The Morgan fingerprint density at radius 2 is 1.48 bits per heavy atom. The number of rotatable bonds is 4. The molecule has 0 heterocycles. The van der Waals surface area contributed by atoms with Crippen molar-refractivity contribution >= 4 is 17.3 Å². The Morgan fingerprint density at radius 1 is 0.935 bits per heavy atom. The van der Waals surface area contributed by atoms with Crippen LogP contribution < -0.4 is 0 Å². The minimum Gasteiger partial charge on any atom is -0.460 e. The van der Waals surface area contributed by atoms with Gasteiger partial charge in [0.2, 0.25) is 5.82 Å². The molecule has 0 unspecified atom stereocenters. The standard InChI is InChI=1S/C23H17F5O3/c1-10(29)12-8-23(14-7-5-4-6-11(12)14)20(22(23,2)3)21(30)31-9-13-15(24)17(26)19(28)18(27)16(13)25/h4-8,20H,9H2,1-3H3/t20-,23+/m0/s1. The predicted octanol–water partition coefficient (Wildman–Crippen LogP) is 5.01. The van der Waals surface area contributed by atoms with Crippen LogP contribution in [-0.4, -0.2) is 11.8 Å². The van der Waals surface area contributed by atoms with Crippen molar-refractivity contribution < 1.29 is 36.3 Å². The average molecular weight is 436 g/mol. The summed E-state index contributed by atoms with van der Waals surface area (Å²) in [5.41, 5.74) is -0.879. The third-order valence-corrected chi connectivity index (χ3v) is 6.47. The van der Waals surface area contributed by atoms with Gasteiger partial charge in [-0.3, -0.25) is 9.59 Å². The molecule has 8 heteroatoms. The second-order valence-corrected chi connectivity index (χ2v) is 8.34. The Kier molecular flexibility index (Phi) is 4.61. The Labute approximate surface area is 174 Å². The maximum Gasteiger partial charge on any atom is 0.311 e. The third kappa shape index (κ3) is 2.70. The van der Waals surface area contributed by atoms with E-state index in [2.05, 4.69) is 0 Å². The van der Waals surface area contributed by atoms with E-state index in [0.717, 1.165) is 5.56 Å². The molecule has 162 valence electrons. The lowest BCUT2D eigenvalue weighted by Gasteiger charge is -2.13. The highest BCUT2D eigenvalue weighted by molar-refractivity contribution is 6.22. The van der Waals surface area contributed by atoms with Gasteiger partial charge >= 0.3 is 5.97 Å². The zero-order valence-electron chi connectivity index (χ0n) is 16.8. The van der Waals surface area contributed by atoms with Gasteiger partial charge in [0.25, 0.3) is 0 Å². The summed E-state index contributed by atoms with van der Waals surface area (Å²) >= 11 is 0. The molecule has 0 radical (unpaired) electrons. The predicted molar refractivity (Wildman–Crippen MR) is 100 cm³/mol. The fourth-order valence-corrected chi connectivity index (χ4v) is 4.81. The van der Waals surface area contributed by atoms with Crippen LogP contribution in [0.2, 0.25) is 0 Å². The molecule has 2 aromatic carbocycles. The molecule has 1 fully saturated rings. The maximum absolute atomic E-state index is 13.9. The number of carbonyl (C=O) groups excluding carboxylic acids is 2. The molecule has 1 saturated carbocycles. The van der Waals surface area contributed by atoms with Crippen molar-refractivity contribution in [3.05, 3.63) is 76.1 Å². The highest BCUT2D eigenvalue weighted by atomic mass is 19.2. The van der Waals surface area contributed by atoms with Crippen LogP contribution in [0.5, 0.6) is 0 Å². The molecule has 0 amide bonds. The van der Waals surface area contributed by atoms with Crippen molar-refractivity contribution in [1.29, 1.82) is 0 Å². The number of carbonyl (C=O) groups is 2. The van der Waals surface area contributed by atoms with Gasteiger partial charge in [0.1, 0.15) is 6.61 Å². The van der Waals surface area contributed by atoms with Crippen LogP contribution in [0.1, 0.15) is 37.5 Å². The number of allylic oxidation sites excluding steroid dienone is 2. The first kappa shape index (κ1) is 21.2. The topological polar surface area (TPSA) is 43.4 Å². The van der Waals surface area contributed by atoms with Gasteiger partial charge < -0.3 is 4.74 Å². The van der Waals surface area contributed by atoms with Gasteiger partial charge in [-0.15, -0.1) is 0 Å². The number of fused-ring (bicyclic) bond motifs is 2. The zero-order chi connectivity index (χ0) is 22.9. The van der Waals surface area contributed by atoms with Crippen LogP contribution in [-0.2, 0) is 26.3 Å². The third-order valence-electron chi connectivity index (χ3n) is 6.47. The Hall–Kier alpha value is -3.03. The van der Waals surface area contributed by atoms with Crippen LogP contribution in [0.15, 0.2) is 30.3 Å². The van der Waals surface area contributed by atoms with Crippen molar-refractivity contribution in [3.8, 4) is 0 Å². The molecule has 0 bridgehead atoms. The Morgan fingerprint density at radius 3 is 2.06 bits per heavy atom. The molecule has 2 aliphatic rings. The SMILES string of the molecule is CC(=O)C1=C[C@@]2(c3ccccc31)[C@@H](C(=O)OCc1c(F)c(F)c(F)c(F)c1F)C2(C)C. The van der Waals surface area contributed by atoms with Gasteiger partial charge in [0.05, 0.1) is 11.5 Å². The largest absolute Gasteiger partial charge is 0.460 e. The van der Waals surface area contributed by atoms with E-state index in [1.54, 1.807) is 44.2 Å². The van der Waals surface area contributed by atoms with E-state index in [1.165, 1.54) is 6.92 Å². The van der Waals surface area contributed by atoms with Gasteiger partial charge in [-0.1, -0.05) is 44.2 Å². The quantitative estimate of drug-likeness (QED) is 0.293. The number of ether oxygens (including phenoxy) is 1. The number of hydrogen-bond donors (Lipinski definition) is 0. The molecule has 0 saturated heterocycles. The van der Waals surface area contributed by atoms with E-state index < -0.39 is 64.0 Å². The van der Waals surface area contributed by atoms with E-state index in [1.807, 2.05) is 0 Å². The first-order valence-electron chi connectivity index (χ1n) is 9.47. The summed E-state index contributed by atoms with van der Waals surface area (Å²) in [6.07, 6.45) is 1.71. The van der Waals surface area contributed by atoms with Gasteiger partial charge in [0.15, 0.2) is 29.1 Å². The lowest BCUT2D eigenvalue weighted by molar-refractivity contribution is -0.147. The lowest BCUT2D eigenvalue weighted by atomic mass is 9.90. The lowest BCUT2D eigenvalue weighted by Crippen LogP contribution is -2.16. The number of ketones is 1. The van der Waals surface area contributed by atoms with Gasteiger partial charge in [0, 0.05) is 11.0 Å². The van der Waals surface area contributed by atoms with E-state index >= 15 is 0 Å². The molecule has 0 N–H and O–H groups in total. The normalized spacial score (nSPS) is 22.8. The fourth-order valence-electron chi connectivity index (χ4n) is 4.81. The molecule has 2 atom stereocenters. The smallest absolute Gasteiger partial charge is 0.311 e. The Bertz CT molecular complexity index is 1150. The monoisotopic (exact) mass is 436 g/mol. The molecule has 31 heavy (non-hydrogen) atoms. The molecule has 4 rings (SSSR count). The number of hydrogen-bond acceptors (Lipinski definition) is 3. The molecule has 3 nitrogen and oxygen atoms in total. The molecule has 1 spiro atoms. The van der Waals surface area contributed by atoms with E-state index in [4.69, 9.17) is 4.74 Å². The number of benzene rings is 2.